The molecule has 0 radical (unpaired) electrons. The normalized spacial score (nSPS) is 10.8. The van der Waals surface area contributed by atoms with Crippen molar-refractivity contribution in [2.24, 2.45) is 0 Å². The number of aryl methyl sites for hydroxylation is 1. The molecule has 0 aliphatic heterocycles. The van der Waals surface area contributed by atoms with Crippen LogP contribution in [0, 0.1) is 6.92 Å². The smallest absolute Gasteiger partial charge is 0.306 e. The van der Waals surface area contributed by atoms with E-state index in [2.05, 4.69) is 6.92 Å². The zero-order valence-corrected chi connectivity index (χ0v) is 21.4. The van der Waals surface area contributed by atoms with E-state index >= 15 is 0 Å². The van der Waals surface area contributed by atoms with Gasteiger partial charge in [-0.3, -0.25) is 9.59 Å². The molecule has 1 rings (SSSR count). The summed E-state index contributed by atoms with van der Waals surface area (Å²) in [6, 6.07) is 7.85. The maximum Gasteiger partial charge on any atom is 0.306 e. The Hall–Kier alpha value is -1.84. The van der Waals surface area contributed by atoms with Crippen LogP contribution in [0.15, 0.2) is 24.3 Å². The molecule has 1 aromatic rings. The van der Waals surface area contributed by atoms with Gasteiger partial charge in [0.1, 0.15) is 6.61 Å². The van der Waals surface area contributed by atoms with Gasteiger partial charge in [-0.05, 0) is 30.9 Å². The molecule has 0 atom stereocenters. The molecule has 0 saturated carbocycles. The highest BCUT2D eigenvalue weighted by atomic mass is 16.5. The quantitative estimate of drug-likeness (QED) is 0.137. The molecule has 0 aliphatic rings. The molecule has 0 saturated heterocycles. The molecule has 0 amide bonds. The minimum absolute atomic E-state index is 0.212. The number of carbonyl (C=O) groups is 2. The van der Waals surface area contributed by atoms with E-state index < -0.39 is 0 Å². The second-order valence-corrected chi connectivity index (χ2v) is 9.26. The summed E-state index contributed by atoms with van der Waals surface area (Å²) < 4.78 is 10.6. The van der Waals surface area contributed by atoms with Crippen molar-refractivity contribution in [3.8, 4) is 0 Å². The van der Waals surface area contributed by atoms with E-state index in [-0.39, 0.29) is 31.4 Å². The summed E-state index contributed by atoms with van der Waals surface area (Å²) in [7, 11) is 0. The van der Waals surface area contributed by atoms with Crippen molar-refractivity contribution in [3.63, 3.8) is 0 Å². The highest BCUT2D eigenvalue weighted by Gasteiger charge is 2.08. The highest BCUT2D eigenvalue weighted by molar-refractivity contribution is 5.72. The molecule has 1 aromatic carbocycles. The fourth-order valence-electron chi connectivity index (χ4n) is 3.93. The van der Waals surface area contributed by atoms with Crippen LogP contribution < -0.4 is 0 Å². The molecule has 0 unspecified atom stereocenters. The van der Waals surface area contributed by atoms with Crippen LogP contribution in [-0.4, -0.2) is 18.5 Å². The summed E-state index contributed by atoms with van der Waals surface area (Å²) in [5.41, 5.74) is 2.12. The summed E-state index contributed by atoms with van der Waals surface area (Å²) in [5, 5.41) is 0. The van der Waals surface area contributed by atoms with Crippen LogP contribution in [0.4, 0.5) is 0 Å². The number of esters is 2. The molecular weight excluding hydrogens is 412 g/mol. The molecule has 4 nitrogen and oxygen atoms in total. The first-order valence-corrected chi connectivity index (χ1v) is 13.5. The fraction of sp³-hybridized carbons (Fsp3) is 0.724. The van der Waals surface area contributed by atoms with Crippen LogP contribution in [0.2, 0.25) is 0 Å². The van der Waals surface area contributed by atoms with Gasteiger partial charge >= 0.3 is 11.9 Å². The number of hydrogen-bond acceptors (Lipinski definition) is 4. The van der Waals surface area contributed by atoms with E-state index in [9.17, 15) is 9.59 Å². The summed E-state index contributed by atoms with van der Waals surface area (Å²) in [6.07, 6.45) is 19.4. The van der Waals surface area contributed by atoms with Crippen molar-refractivity contribution in [2.75, 3.05) is 6.61 Å². The van der Waals surface area contributed by atoms with Gasteiger partial charge in [0.15, 0.2) is 0 Å². The molecule has 33 heavy (non-hydrogen) atoms. The van der Waals surface area contributed by atoms with Crippen molar-refractivity contribution in [1.82, 2.24) is 0 Å². The molecule has 0 N–H and O–H groups in total. The standard InChI is InChI=1S/C29H48O4/c1-3-4-5-6-7-8-9-10-11-12-13-14-15-18-24-32-28(30)22-19-23-29(31)33-25-27-21-17-16-20-26(27)2/h16-17,20-21H,3-15,18-19,22-25H2,1-2H3. The van der Waals surface area contributed by atoms with Crippen LogP contribution in [0.3, 0.4) is 0 Å². The number of hydrogen-bond donors (Lipinski definition) is 0. The zero-order chi connectivity index (χ0) is 24.0. The van der Waals surface area contributed by atoms with E-state index in [1.165, 1.54) is 77.0 Å². The molecule has 188 valence electrons. The second-order valence-electron chi connectivity index (χ2n) is 9.26. The van der Waals surface area contributed by atoms with Gasteiger partial charge < -0.3 is 9.47 Å². The summed E-state index contributed by atoms with van der Waals surface area (Å²) in [4.78, 5) is 23.7. The summed E-state index contributed by atoms with van der Waals surface area (Å²) in [6.45, 7) is 5.05. The average molecular weight is 461 g/mol. The van der Waals surface area contributed by atoms with E-state index in [4.69, 9.17) is 9.47 Å². The van der Waals surface area contributed by atoms with E-state index in [0.717, 1.165) is 24.0 Å². The van der Waals surface area contributed by atoms with Crippen LogP contribution in [-0.2, 0) is 25.7 Å². The topological polar surface area (TPSA) is 52.6 Å². The number of unbranched alkanes of at least 4 members (excludes halogenated alkanes) is 13. The molecular formula is C29H48O4. The Balaban J connectivity index is 1.84. The minimum Gasteiger partial charge on any atom is -0.466 e. The largest absolute Gasteiger partial charge is 0.466 e. The SMILES string of the molecule is CCCCCCCCCCCCCCCCOC(=O)CCCC(=O)OCc1ccccc1C. The average Bonchev–Trinajstić information content (AvgIpc) is 2.81. The highest BCUT2D eigenvalue weighted by Crippen LogP contribution is 2.13. The van der Waals surface area contributed by atoms with Crippen molar-refractivity contribution in [2.45, 2.75) is 130 Å². The molecule has 0 heterocycles. The van der Waals surface area contributed by atoms with Crippen molar-refractivity contribution < 1.29 is 19.1 Å². The number of rotatable bonds is 21. The first-order chi connectivity index (χ1) is 16.1. The van der Waals surface area contributed by atoms with E-state index in [1.807, 2.05) is 31.2 Å². The third-order valence-corrected chi connectivity index (χ3v) is 6.17. The van der Waals surface area contributed by atoms with Crippen molar-refractivity contribution in [1.29, 1.82) is 0 Å². The predicted molar refractivity (Wildman–Crippen MR) is 136 cm³/mol. The van der Waals surface area contributed by atoms with Gasteiger partial charge in [0, 0.05) is 12.8 Å². The monoisotopic (exact) mass is 460 g/mol. The third kappa shape index (κ3) is 17.3. The lowest BCUT2D eigenvalue weighted by Gasteiger charge is -2.07. The van der Waals surface area contributed by atoms with Crippen LogP contribution in [0.5, 0.6) is 0 Å². The molecule has 0 spiro atoms. The lowest BCUT2D eigenvalue weighted by molar-refractivity contribution is -0.146. The Morgan fingerprint density at radius 1 is 0.636 bits per heavy atom. The molecule has 0 fully saturated rings. The van der Waals surface area contributed by atoms with Gasteiger partial charge in [-0.25, -0.2) is 0 Å². The lowest BCUT2D eigenvalue weighted by Crippen LogP contribution is -2.09. The predicted octanol–water partition coefficient (Wildman–Crippen LogP) is 8.23. The van der Waals surface area contributed by atoms with Crippen LogP contribution in [0.1, 0.15) is 127 Å². The Kier molecular flexibility index (Phi) is 18.4. The fourth-order valence-corrected chi connectivity index (χ4v) is 3.93. The zero-order valence-electron chi connectivity index (χ0n) is 21.4. The third-order valence-electron chi connectivity index (χ3n) is 6.17. The molecule has 4 heteroatoms. The Morgan fingerprint density at radius 2 is 1.12 bits per heavy atom. The van der Waals surface area contributed by atoms with Gasteiger partial charge in [0.05, 0.1) is 6.61 Å². The summed E-state index contributed by atoms with van der Waals surface area (Å²) >= 11 is 0. The number of ether oxygens (including phenoxy) is 2. The maximum atomic E-state index is 11.8. The molecule has 0 bridgehead atoms. The van der Waals surface area contributed by atoms with Gasteiger partial charge in [-0.15, -0.1) is 0 Å². The molecule has 0 aromatic heterocycles. The van der Waals surface area contributed by atoms with Gasteiger partial charge in [0.25, 0.3) is 0 Å². The van der Waals surface area contributed by atoms with Crippen molar-refractivity contribution in [3.05, 3.63) is 35.4 Å². The minimum atomic E-state index is -0.266. The van der Waals surface area contributed by atoms with Crippen molar-refractivity contribution >= 4 is 11.9 Å². The van der Waals surface area contributed by atoms with Crippen LogP contribution in [0.25, 0.3) is 0 Å². The first kappa shape index (κ1) is 29.2. The van der Waals surface area contributed by atoms with Gasteiger partial charge in [-0.1, -0.05) is 115 Å². The number of carbonyl (C=O) groups excluding carboxylic acids is 2. The van der Waals surface area contributed by atoms with E-state index in [1.54, 1.807) is 0 Å². The van der Waals surface area contributed by atoms with Gasteiger partial charge in [-0.2, -0.15) is 0 Å². The lowest BCUT2D eigenvalue weighted by atomic mass is 10.0. The Labute approximate surface area is 202 Å². The van der Waals surface area contributed by atoms with Crippen LogP contribution >= 0.6 is 0 Å². The number of benzene rings is 1. The Morgan fingerprint density at radius 3 is 1.67 bits per heavy atom. The second kappa shape index (κ2) is 20.7. The van der Waals surface area contributed by atoms with Gasteiger partial charge in [0.2, 0.25) is 0 Å². The summed E-state index contributed by atoms with van der Waals surface area (Å²) in [5.74, 6) is -0.477. The Bertz CT molecular complexity index is 626. The first-order valence-electron chi connectivity index (χ1n) is 13.5. The maximum absolute atomic E-state index is 11.8. The molecule has 0 aliphatic carbocycles. The van der Waals surface area contributed by atoms with E-state index in [0.29, 0.717) is 13.0 Å².